The van der Waals surface area contributed by atoms with Crippen LogP contribution in [-0.2, 0) is 33.8 Å². The van der Waals surface area contributed by atoms with Crippen molar-refractivity contribution in [2.75, 3.05) is 5.75 Å². The third kappa shape index (κ3) is 5.23. The van der Waals surface area contributed by atoms with Crippen molar-refractivity contribution < 1.29 is 17.9 Å². The molecule has 0 bridgehead atoms. The maximum Gasteiger partial charge on any atom is 0.714 e. The van der Waals surface area contributed by atoms with Crippen molar-refractivity contribution in [3.63, 3.8) is 0 Å². The zero-order chi connectivity index (χ0) is 24.6. The Hall–Kier alpha value is -2.85. The molecular formula is C25H28BN3O5S. The van der Waals surface area contributed by atoms with Crippen LogP contribution in [0.15, 0.2) is 53.0 Å². The quantitative estimate of drug-likeness (QED) is 0.341. The highest BCUT2D eigenvalue weighted by Crippen LogP contribution is 2.32. The molecule has 2 unspecified atom stereocenters. The van der Waals surface area contributed by atoms with Gasteiger partial charge in [-0.05, 0) is 55.0 Å². The first-order valence-corrected chi connectivity index (χ1v) is 13.8. The van der Waals surface area contributed by atoms with Gasteiger partial charge in [-0.3, -0.25) is 10.1 Å². The van der Waals surface area contributed by atoms with E-state index in [0.717, 1.165) is 17.5 Å². The Morgan fingerprint density at radius 1 is 1.20 bits per heavy atom. The van der Waals surface area contributed by atoms with E-state index in [0.29, 0.717) is 60.5 Å². The average Bonchev–Trinajstić information content (AvgIpc) is 3.29. The van der Waals surface area contributed by atoms with Crippen LogP contribution in [0.4, 0.5) is 0 Å². The summed E-state index contributed by atoms with van der Waals surface area (Å²) in [6.45, 7) is 2.08. The summed E-state index contributed by atoms with van der Waals surface area (Å²) < 4.78 is 31.5. The molecule has 3 heterocycles. The summed E-state index contributed by atoms with van der Waals surface area (Å²) in [5, 5.41) is 10.9. The van der Waals surface area contributed by atoms with Gasteiger partial charge in [-0.25, -0.2) is 18.4 Å². The van der Waals surface area contributed by atoms with E-state index in [1.165, 1.54) is 5.57 Å². The average molecular weight is 493 g/mol. The van der Waals surface area contributed by atoms with Gasteiger partial charge in [-0.2, -0.15) is 0 Å². The Kier molecular flexibility index (Phi) is 6.59. The molecule has 1 fully saturated rings. The Bertz CT molecular complexity index is 1310. The standard InChI is InChI=1S/C25H28BN3O5S/c1-17-4-2-5-20(14-17)25-27-22-6-3-13-35(32,33)24(22)23(28-25)16-19-9-7-18(8-10-19)15-21-11-12-26(34-21)29(30)31/h2,4-5,7-10,20-21H,3,6,11-16H2,1H3. The summed E-state index contributed by atoms with van der Waals surface area (Å²) in [4.78, 5) is 20.4. The number of aromatic nitrogens is 2. The summed E-state index contributed by atoms with van der Waals surface area (Å²) in [5.74, 6) is 0.868. The number of nitrogens with zero attached hydrogens (tertiary/aromatic N) is 3. The van der Waals surface area contributed by atoms with Crippen molar-refractivity contribution in [1.82, 2.24) is 9.97 Å². The minimum Gasteiger partial charge on any atom is -0.367 e. The molecule has 8 nitrogen and oxygen atoms in total. The Morgan fingerprint density at radius 2 is 1.97 bits per heavy atom. The van der Waals surface area contributed by atoms with Gasteiger partial charge in [-0.15, -0.1) is 0 Å². The number of nitro groups is 1. The van der Waals surface area contributed by atoms with Crippen LogP contribution in [0.1, 0.15) is 60.4 Å². The van der Waals surface area contributed by atoms with Crippen molar-refractivity contribution >= 4 is 16.9 Å². The van der Waals surface area contributed by atoms with Crippen LogP contribution in [0.25, 0.3) is 0 Å². The molecule has 0 radical (unpaired) electrons. The molecule has 1 aromatic heterocycles. The number of sulfone groups is 1. The van der Waals surface area contributed by atoms with Crippen LogP contribution in [0.3, 0.4) is 0 Å². The summed E-state index contributed by atoms with van der Waals surface area (Å²) in [7, 11) is -4.32. The topological polar surface area (TPSA) is 112 Å². The number of aryl methyl sites for hydroxylation is 1. The SMILES string of the molecule is CC1=CC=CC(c2nc3c(c(Cc4ccc(CC5CCB([N+](=O)[O-])O5)cc4)n2)S(=O)(=O)CCC3)C1. The van der Waals surface area contributed by atoms with Crippen molar-refractivity contribution in [2.24, 2.45) is 0 Å². The maximum atomic E-state index is 13.0. The van der Waals surface area contributed by atoms with E-state index < -0.39 is 16.9 Å². The van der Waals surface area contributed by atoms with Gasteiger partial charge >= 0.3 is 7.05 Å². The molecule has 2 aromatic rings. The summed E-state index contributed by atoms with van der Waals surface area (Å²) in [5.41, 5.74) is 4.47. The summed E-state index contributed by atoms with van der Waals surface area (Å²) in [6, 6.07) is 7.93. The van der Waals surface area contributed by atoms with Gasteiger partial charge in [0.1, 0.15) is 10.7 Å². The van der Waals surface area contributed by atoms with Crippen molar-refractivity contribution in [1.29, 1.82) is 0 Å². The third-order valence-corrected chi connectivity index (χ3v) is 8.86. The van der Waals surface area contributed by atoms with Crippen LogP contribution < -0.4 is 0 Å². The molecule has 10 heteroatoms. The second-order valence-electron chi connectivity index (χ2n) is 9.71. The lowest BCUT2D eigenvalue weighted by molar-refractivity contribution is -0.350. The number of allylic oxidation sites excluding steroid dienone is 4. The smallest absolute Gasteiger partial charge is 0.367 e. The molecule has 1 saturated heterocycles. The van der Waals surface area contributed by atoms with Gasteiger partial charge in [0.2, 0.25) is 0 Å². The van der Waals surface area contributed by atoms with Crippen LogP contribution in [0.2, 0.25) is 6.32 Å². The fourth-order valence-electron chi connectivity index (χ4n) is 5.17. The summed E-state index contributed by atoms with van der Waals surface area (Å²) >= 11 is 0. The monoisotopic (exact) mass is 493 g/mol. The minimum absolute atomic E-state index is 0.0467. The van der Waals surface area contributed by atoms with Gasteiger partial charge in [0, 0.05) is 18.7 Å². The lowest BCUT2D eigenvalue weighted by Crippen LogP contribution is -2.25. The van der Waals surface area contributed by atoms with E-state index >= 15 is 0 Å². The van der Waals surface area contributed by atoms with Crippen molar-refractivity contribution in [2.45, 2.75) is 68.7 Å². The molecule has 0 amide bonds. The lowest BCUT2D eigenvalue weighted by Gasteiger charge is -2.22. The molecule has 2 aliphatic heterocycles. The van der Waals surface area contributed by atoms with Gasteiger partial charge < -0.3 is 4.65 Å². The molecule has 35 heavy (non-hydrogen) atoms. The Morgan fingerprint density at radius 3 is 2.69 bits per heavy atom. The molecule has 182 valence electrons. The largest absolute Gasteiger partial charge is 0.714 e. The number of hydrogen-bond donors (Lipinski definition) is 0. The lowest BCUT2D eigenvalue weighted by atomic mass is 9.81. The molecule has 1 aromatic carbocycles. The van der Waals surface area contributed by atoms with E-state index in [-0.39, 0.29) is 22.6 Å². The van der Waals surface area contributed by atoms with Crippen molar-refractivity contribution in [3.05, 3.63) is 86.5 Å². The van der Waals surface area contributed by atoms with E-state index in [9.17, 15) is 18.5 Å². The van der Waals surface area contributed by atoms with E-state index in [1.807, 2.05) is 30.3 Å². The first-order valence-electron chi connectivity index (χ1n) is 12.1. The molecule has 0 spiro atoms. The van der Waals surface area contributed by atoms with E-state index in [4.69, 9.17) is 14.6 Å². The minimum atomic E-state index is -3.41. The normalized spacial score (nSPS) is 23.1. The number of fused-ring (bicyclic) bond motifs is 1. The molecule has 0 N–H and O–H groups in total. The van der Waals surface area contributed by atoms with Crippen LogP contribution >= 0.6 is 0 Å². The van der Waals surface area contributed by atoms with Gasteiger partial charge in [0.25, 0.3) is 0 Å². The van der Waals surface area contributed by atoms with E-state index in [2.05, 4.69) is 19.1 Å². The Balaban J connectivity index is 1.39. The summed E-state index contributed by atoms with van der Waals surface area (Å²) in [6.07, 6.45) is 10.2. The fraction of sp³-hybridized carbons (Fsp3) is 0.440. The van der Waals surface area contributed by atoms with Gasteiger partial charge in [0.05, 0.1) is 23.2 Å². The number of hydrogen-bond acceptors (Lipinski definition) is 7. The predicted molar refractivity (Wildman–Crippen MR) is 133 cm³/mol. The molecule has 0 saturated carbocycles. The third-order valence-electron chi connectivity index (χ3n) is 6.94. The molecule has 2 atom stereocenters. The maximum absolute atomic E-state index is 13.0. The molecular weight excluding hydrogens is 465 g/mol. The molecule has 5 rings (SSSR count). The first-order chi connectivity index (χ1) is 16.8. The zero-order valence-electron chi connectivity index (χ0n) is 19.7. The number of rotatable bonds is 6. The second kappa shape index (κ2) is 9.66. The van der Waals surface area contributed by atoms with Crippen LogP contribution in [0.5, 0.6) is 0 Å². The van der Waals surface area contributed by atoms with Crippen LogP contribution in [-0.4, -0.2) is 42.1 Å². The highest BCUT2D eigenvalue weighted by Gasteiger charge is 2.43. The highest BCUT2D eigenvalue weighted by atomic mass is 32.2. The van der Waals surface area contributed by atoms with Gasteiger partial charge in [0.15, 0.2) is 9.84 Å². The predicted octanol–water partition coefficient (Wildman–Crippen LogP) is 3.87. The molecule has 1 aliphatic carbocycles. The van der Waals surface area contributed by atoms with E-state index in [1.54, 1.807) is 0 Å². The second-order valence-corrected chi connectivity index (χ2v) is 11.8. The molecule has 3 aliphatic rings. The van der Waals surface area contributed by atoms with Gasteiger partial charge in [-0.1, -0.05) is 48.1 Å². The zero-order valence-corrected chi connectivity index (χ0v) is 20.5. The first kappa shape index (κ1) is 23.9. The van der Waals surface area contributed by atoms with Crippen molar-refractivity contribution in [3.8, 4) is 0 Å². The van der Waals surface area contributed by atoms with Crippen LogP contribution in [0, 0.1) is 10.1 Å². The Labute approximate surface area is 205 Å². The number of benzene rings is 1. The highest BCUT2D eigenvalue weighted by molar-refractivity contribution is 7.91. The fourth-order valence-corrected chi connectivity index (χ4v) is 6.88.